The molecule has 0 saturated carbocycles. The fourth-order valence-corrected chi connectivity index (χ4v) is 4.87. The molecule has 4 aliphatic rings. The van der Waals surface area contributed by atoms with Gasteiger partial charge in [-0.2, -0.15) is 0 Å². The number of ether oxygens (including phenoxy) is 1. The van der Waals surface area contributed by atoms with E-state index in [2.05, 4.69) is 19.2 Å². The van der Waals surface area contributed by atoms with Gasteiger partial charge in [-0.1, -0.05) is 6.07 Å². The molecule has 0 aliphatic carbocycles. The molecule has 3 fully saturated rings. The first-order valence-electron chi connectivity index (χ1n) is 8.64. The van der Waals surface area contributed by atoms with Crippen molar-refractivity contribution in [3.05, 3.63) is 23.8 Å². The molecular formula is C17H24N4O2S. The van der Waals surface area contributed by atoms with Gasteiger partial charge in [0.05, 0.1) is 36.2 Å². The molecule has 4 heterocycles. The number of esters is 1. The first-order chi connectivity index (χ1) is 11.8. The molecule has 7 heteroatoms. The summed E-state index contributed by atoms with van der Waals surface area (Å²) in [7, 11) is 1.43. The van der Waals surface area contributed by atoms with Crippen LogP contribution in [0.25, 0.3) is 0 Å². The van der Waals surface area contributed by atoms with Gasteiger partial charge in [0.2, 0.25) is 0 Å². The molecule has 1 atom stereocenters. The Balaban J connectivity index is 1.38. The lowest BCUT2D eigenvalue weighted by Crippen LogP contribution is -2.56. The summed E-state index contributed by atoms with van der Waals surface area (Å²) < 4.78 is 10.4. The molecule has 1 unspecified atom stereocenters. The minimum Gasteiger partial charge on any atom is -0.465 e. The van der Waals surface area contributed by atoms with Crippen molar-refractivity contribution in [2.45, 2.75) is 18.9 Å². The van der Waals surface area contributed by atoms with Gasteiger partial charge in [0.15, 0.2) is 0 Å². The number of hydrogen-bond acceptors (Lipinski definition) is 7. The van der Waals surface area contributed by atoms with Crippen LogP contribution in [0.1, 0.15) is 23.2 Å². The fourth-order valence-electron chi connectivity index (χ4n) is 4.02. The van der Waals surface area contributed by atoms with Crippen LogP contribution in [0.15, 0.2) is 18.2 Å². The first-order valence-corrected chi connectivity index (χ1v) is 9.41. The molecule has 1 aromatic rings. The molecule has 0 radical (unpaired) electrons. The van der Waals surface area contributed by atoms with Gasteiger partial charge >= 0.3 is 5.97 Å². The highest BCUT2D eigenvalue weighted by molar-refractivity contribution is 8.02. The van der Waals surface area contributed by atoms with E-state index in [4.69, 9.17) is 4.74 Å². The molecule has 2 bridgehead atoms. The van der Waals surface area contributed by atoms with Crippen molar-refractivity contribution in [2.75, 3.05) is 48.9 Å². The number of methoxy groups -OCH3 is 1. The highest BCUT2D eigenvalue weighted by Gasteiger charge is 2.34. The second kappa shape index (κ2) is 6.82. The van der Waals surface area contributed by atoms with Crippen molar-refractivity contribution in [2.24, 2.45) is 5.92 Å². The normalized spacial score (nSPS) is 27.7. The number of carbonyl (C=O) groups excluding carboxylic acids is 1. The Bertz CT molecular complexity index is 619. The van der Waals surface area contributed by atoms with Crippen LogP contribution < -0.4 is 14.3 Å². The van der Waals surface area contributed by atoms with E-state index in [1.807, 2.05) is 18.2 Å². The zero-order valence-corrected chi connectivity index (χ0v) is 14.8. The average molecular weight is 348 g/mol. The van der Waals surface area contributed by atoms with E-state index in [0.717, 1.165) is 30.4 Å². The van der Waals surface area contributed by atoms with E-state index >= 15 is 0 Å². The molecular weight excluding hydrogens is 324 g/mol. The van der Waals surface area contributed by atoms with E-state index in [-0.39, 0.29) is 5.97 Å². The van der Waals surface area contributed by atoms with E-state index in [1.165, 1.54) is 39.6 Å². The highest BCUT2D eigenvalue weighted by atomic mass is 32.2. The van der Waals surface area contributed by atoms with Crippen LogP contribution in [0.4, 0.5) is 11.4 Å². The summed E-state index contributed by atoms with van der Waals surface area (Å²) >= 11 is 1.54. The third-order valence-corrected chi connectivity index (χ3v) is 6.23. The van der Waals surface area contributed by atoms with Crippen LogP contribution >= 0.6 is 12.1 Å². The van der Waals surface area contributed by atoms with Crippen LogP contribution in [-0.2, 0) is 4.74 Å². The number of hydrogen-bond donors (Lipinski definition) is 2. The Morgan fingerprint density at radius 3 is 2.96 bits per heavy atom. The number of anilines is 2. The van der Waals surface area contributed by atoms with Crippen molar-refractivity contribution >= 4 is 29.5 Å². The van der Waals surface area contributed by atoms with Gasteiger partial charge in [0.25, 0.3) is 0 Å². The Morgan fingerprint density at radius 1 is 1.42 bits per heavy atom. The van der Waals surface area contributed by atoms with Crippen molar-refractivity contribution in [3.63, 3.8) is 0 Å². The molecule has 0 amide bonds. The molecule has 1 aromatic carbocycles. The number of fused-ring (bicyclic) bond motifs is 4. The number of piperidine rings is 3. The summed E-state index contributed by atoms with van der Waals surface area (Å²) in [6.07, 6.45) is 2.65. The zero-order chi connectivity index (χ0) is 16.5. The largest absolute Gasteiger partial charge is 0.465 e. The van der Waals surface area contributed by atoms with E-state index in [1.54, 1.807) is 12.1 Å². The lowest BCUT2D eigenvalue weighted by Gasteiger charge is -2.45. The molecule has 130 valence electrons. The summed E-state index contributed by atoms with van der Waals surface area (Å²) in [6.45, 7) is 5.48. The number of rotatable bonds is 5. The smallest absolute Gasteiger partial charge is 0.340 e. The van der Waals surface area contributed by atoms with Gasteiger partial charge in [-0.15, -0.1) is 0 Å². The van der Waals surface area contributed by atoms with Crippen LogP contribution in [-0.4, -0.2) is 56.7 Å². The van der Waals surface area contributed by atoms with Gasteiger partial charge in [0, 0.05) is 25.7 Å². The summed E-state index contributed by atoms with van der Waals surface area (Å²) in [6, 6.07) is 6.32. The molecule has 0 spiro atoms. The third-order valence-electron chi connectivity index (χ3n) is 5.33. The topological polar surface area (TPSA) is 56.8 Å². The standard InChI is InChI=1S/C17H24N4O2S/c1-23-17(22)13-3-2-4-14-16(13)21(24-19-14)10-7-18-15-11-20-8-5-12(15)6-9-20/h2-4,12,15,18-19H,5-11H2,1H3. The zero-order valence-electron chi connectivity index (χ0n) is 14.0. The molecule has 2 N–H and O–H groups in total. The number of benzene rings is 1. The van der Waals surface area contributed by atoms with Gasteiger partial charge in [-0.25, -0.2) is 4.79 Å². The monoisotopic (exact) mass is 348 g/mol. The van der Waals surface area contributed by atoms with E-state index in [9.17, 15) is 4.79 Å². The number of carbonyl (C=O) groups is 1. The van der Waals surface area contributed by atoms with Crippen LogP contribution in [0, 0.1) is 5.92 Å². The molecule has 3 saturated heterocycles. The van der Waals surface area contributed by atoms with Gasteiger partial charge in [-0.05, 0) is 44.0 Å². The maximum absolute atomic E-state index is 12.0. The SMILES string of the molecule is COC(=O)c1cccc2c1N(CCNC1CN3CCC1CC3)SN2. The summed E-state index contributed by atoms with van der Waals surface area (Å²) in [5.41, 5.74) is 2.53. The summed E-state index contributed by atoms with van der Waals surface area (Å²) in [5.74, 6) is 0.545. The Morgan fingerprint density at radius 2 is 2.25 bits per heavy atom. The number of nitrogens with zero attached hydrogens (tertiary/aromatic N) is 2. The Kier molecular flexibility index (Phi) is 4.56. The number of nitrogens with one attached hydrogen (secondary N) is 2. The third kappa shape index (κ3) is 2.96. The molecule has 24 heavy (non-hydrogen) atoms. The summed E-state index contributed by atoms with van der Waals surface area (Å²) in [5, 5.41) is 3.73. The van der Waals surface area contributed by atoms with Gasteiger partial charge in [-0.3, -0.25) is 4.31 Å². The predicted molar refractivity (Wildman–Crippen MR) is 97.3 cm³/mol. The second-order valence-electron chi connectivity index (χ2n) is 6.69. The van der Waals surface area contributed by atoms with Crippen LogP contribution in [0.2, 0.25) is 0 Å². The average Bonchev–Trinajstić information content (AvgIpc) is 3.05. The fraction of sp³-hybridized carbons (Fsp3) is 0.588. The molecule has 4 aliphatic heterocycles. The Labute approximate surface area is 147 Å². The molecule has 0 aromatic heterocycles. The Hall–Kier alpha value is -1.44. The molecule has 5 rings (SSSR count). The van der Waals surface area contributed by atoms with Crippen molar-refractivity contribution in [1.29, 1.82) is 0 Å². The molecule has 6 nitrogen and oxygen atoms in total. The minimum absolute atomic E-state index is 0.286. The first kappa shape index (κ1) is 16.1. The number of para-hydroxylation sites is 1. The highest BCUT2D eigenvalue weighted by Crippen LogP contribution is 2.41. The van der Waals surface area contributed by atoms with Gasteiger partial charge in [0.1, 0.15) is 0 Å². The van der Waals surface area contributed by atoms with Crippen molar-refractivity contribution in [1.82, 2.24) is 10.2 Å². The van der Waals surface area contributed by atoms with Crippen molar-refractivity contribution in [3.8, 4) is 0 Å². The maximum Gasteiger partial charge on any atom is 0.340 e. The van der Waals surface area contributed by atoms with Crippen molar-refractivity contribution < 1.29 is 9.53 Å². The summed E-state index contributed by atoms with van der Waals surface area (Å²) in [4.78, 5) is 14.6. The van der Waals surface area contributed by atoms with Gasteiger partial charge < -0.3 is 19.7 Å². The second-order valence-corrected chi connectivity index (χ2v) is 7.51. The predicted octanol–water partition coefficient (Wildman–Crippen LogP) is 1.95. The lowest BCUT2D eigenvalue weighted by molar-refractivity contribution is 0.0601. The van der Waals surface area contributed by atoms with E-state index in [0.29, 0.717) is 11.6 Å². The minimum atomic E-state index is -0.286. The lowest BCUT2D eigenvalue weighted by atomic mass is 9.84. The quantitative estimate of drug-likeness (QED) is 0.623. The van der Waals surface area contributed by atoms with Crippen LogP contribution in [0.3, 0.4) is 0 Å². The van der Waals surface area contributed by atoms with Crippen LogP contribution in [0.5, 0.6) is 0 Å². The maximum atomic E-state index is 12.0. The van der Waals surface area contributed by atoms with E-state index < -0.39 is 0 Å².